The Morgan fingerprint density at radius 2 is 1.03 bits per heavy atom. The van der Waals surface area contributed by atoms with E-state index in [1.807, 2.05) is 0 Å². The van der Waals surface area contributed by atoms with Crippen molar-refractivity contribution in [1.29, 1.82) is 0 Å². The van der Waals surface area contributed by atoms with Crippen LogP contribution in [0, 0.1) is 11.6 Å². The van der Waals surface area contributed by atoms with Crippen LogP contribution in [0.5, 0.6) is 17.2 Å². The highest BCUT2D eigenvalue weighted by Gasteiger charge is 2.30. The van der Waals surface area contributed by atoms with Crippen LogP contribution in [-0.4, -0.2) is 40.8 Å². The summed E-state index contributed by atoms with van der Waals surface area (Å²) in [6, 6.07) is 7.69. The zero-order valence-electron chi connectivity index (χ0n) is 18.0. The summed E-state index contributed by atoms with van der Waals surface area (Å²) in [4.78, 5) is 0. The lowest BCUT2D eigenvalue weighted by atomic mass is 9.83. The average molecular weight is 522 g/mol. The van der Waals surface area contributed by atoms with Crippen LogP contribution in [0.4, 0.5) is 46.5 Å². The zero-order valence-corrected chi connectivity index (χ0v) is 18.0. The predicted octanol–water partition coefficient (Wildman–Crippen LogP) is 6.21. The van der Waals surface area contributed by atoms with Crippen molar-refractivity contribution >= 4 is 11.4 Å². The molecular weight excluding hydrogens is 504 g/mol. The number of benzene rings is 3. The van der Waals surface area contributed by atoms with E-state index < -0.39 is 65.9 Å². The number of nitrogens with one attached hydrogen (secondary N) is 2. The number of phenols is 3. The molecule has 13 heteroatoms. The van der Waals surface area contributed by atoms with Gasteiger partial charge in [0.2, 0.25) is 0 Å². The minimum atomic E-state index is -4.68. The van der Waals surface area contributed by atoms with Gasteiger partial charge in [-0.2, -0.15) is 26.3 Å². The molecule has 3 aromatic rings. The lowest BCUT2D eigenvalue weighted by Gasteiger charge is -2.23. The molecule has 0 radical (unpaired) electrons. The minimum Gasteiger partial charge on any atom is -0.508 e. The molecule has 3 rings (SSSR count). The lowest BCUT2D eigenvalue weighted by Crippen LogP contribution is -2.22. The molecule has 5 nitrogen and oxygen atoms in total. The van der Waals surface area contributed by atoms with E-state index in [1.54, 1.807) is 10.6 Å². The zero-order chi connectivity index (χ0) is 26.8. The van der Waals surface area contributed by atoms with E-state index in [0.29, 0.717) is 24.3 Å². The Labute approximate surface area is 198 Å². The highest BCUT2D eigenvalue weighted by atomic mass is 19.4. The molecule has 0 saturated heterocycles. The maximum absolute atomic E-state index is 14.7. The maximum Gasteiger partial charge on any atom is 0.405 e. The third-order valence-corrected chi connectivity index (χ3v) is 5.04. The third-order valence-electron chi connectivity index (χ3n) is 5.04. The number of phenolic OH excluding ortho intramolecular Hbond substituents is 3. The van der Waals surface area contributed by atoms with Crippen molar-refractivity contribution in [2.75, 3.05) is 23.7 Å². The molecule has 36 heavy (non-hydrogen) atoms. The van der Waals surface area contributed by atoms with Gasteiger partial charge in [-0.15, -0.1) is 0 Å². The number of halogens is 8. The van der Waals surface area contributed by atoms with Crippen LogP contribution < -0.4 is 10.6 Å². The quantitative estimate of drug-likeness (QED) is 0.188. The minimum absolute atomic E-state index is 0.171. The van der Waals surface area contributed by atoms with Crippen LogP contribution in [0.25, 0.3) is 0 Å². The Morgan fingerprint density at radius 3 is 1.39 bits per heavy atom. The van der Waals surface area contributed by atoms with Crippen molar-refractivity contribution in [2.45, 2.75) is 18.3 Å². The first-order valence-electron chi connectivity index (χ1n) is 10.1. The number of hydrogen-bond acceptors (Lipinski definition) is 5. The van der Waals surface area contributed by atoms with Gasteiger partial charge >= 0.3 is 12.4 Å². The van der Waals surface area contributed by atoms with E-state index in [9.17, 15) is 50.4 Å². The number of hydrogen-bond donors (Lipinski definition) is 5. The van der Waals surface area contributed by atoms with E-state index in [0.717, 1.165) is 0 Å². The second kappa shape index (κ2) is 9.99. The molecule has 5 N–H and O–H groups in total. The van der Waals surface area contributed by atoms with Gasteiger partial charge in [0.25, 0.3) is 0 Å². The summed E-state index contributed by atoms with van der Waals surface area (Å²) in [7, 11) is 0. The van der Waals surface area contributed by atoms with Gasteiger partial charge in [0.1, 0.15) is 42.0 Å². The van der Waals surface area contributed by atoms with Gasteiger partial charge in [-0.25, -0.2) is 8.78 Å². The van der Waals surface area contributed by atoms with Crippen molar-refractivity contribution in [2.24, 2.45) is 0 Å². The Bertz CT molecular complexity index is 1150. The first-order chi connectivity index (χ1) is 16.6. The Kier molecular flexibility index (Phi) is 7.41. The SMILES string of the molecule is Oc1ccc(C(c2cc(F)c(NCC(F)(F)F)cc2O)c2cc(F)c(NCC(F)(F)F)cc2O)cc1. The van der Waals surface area contributed by atoms with Gasteiger partial charge in [0.15, 0.2) is 0 Å². The molecule has 0 aliphatic rings. The largest absolute Gasteiger partial charge is 0.508 e. The summed E-state index contributed by atoms with van der Waals surface area (Å²) < 4.78 is 104. The number of alkyl halides is 6. The molecule has 0 bridgehead atoms. The summed E-state index contributed by atoms with van der Waals surface area (Å²) >= 11 is 0. The summed E-state index contributed by atoms with van der Waals surface area (Å²) in [5, 5.41) is 34.2. The first kappa shape index (κ1) is 26.7. The standard InChI is InChI=1S/C23H18F8N2O3/c24-15-5-13(19(35)7-17(15)32-9-22(26,27)28)21(11-1-3-12(34)4-2-11)14-6-16(25)18(8-20(14)36)33-10-23(29,30)31/h1-8,21,32-36H,9-10H2. The molecule has 0 aliphatic heterocycles. The van der Waals surface area contributed by atoms with Crippen LogP contribution in [-0.2, 0) is 0 Å². The summed E-state index contributed by atoms with van der Waals surface area (Å²) in [6.45, 7) is -3.19. The van der Waals surface area contributed by atoms with Crippen LogP contribution in [0.3, 0.4) is 0 Å². The van der Waals surface area contributed by atoms with Crippen LogP contribution in [0.2, 0.25) is 0 Å². The van der Waals surface area contributed by atoms with E-state index >= 15 is 0 Å². The van der Waals surface area contributed by atoms with Crippen LogP contribution in [0.1, 0.15) is 22.6 Å². The van der Waals surface area contributed by atoms with Gasteiger partial charge in [0, 0.05) is 29.2 Å². The summed E-state index contributed by atoms with van der Waals surface area (Å²) in [5.74, 6) is -5.40. The van der Waals surface area contributed by atoms with Gasteiger partial charge in [-0.1, -0.05) is 12.1 Å². The first-order valence-corrected chi connectivity index (χ1v) is 10.1. The summed E-state index contributed by atoms with van der Waals surface area (Å²) in [5.41, 5.74) is -1.80. The smallest absolute Gasteiger partial charge is 0.405 e. The predicted molar refractivity (Wildman–Crippen MR) is 114 cm³/mol. The van der Waals surface area contributed by atoms with Crippen molar-refractivity contribution in [3.05, 3.63) is 76.9 Å². The van der Waals surface area contributed by atoms with E-state index in [1.165, 1.54) is 24.3 Å². The number of anilines is 2. The topological polar surface area (TPSA) is 84.8 Å². The van der Waals surface area contributed by atoms with Gasteiger partial charge in [-0.3, -0.25) is 0 Å². The van der Waals surface area contributed by atoms with Crippen molar-refractivity contribution in [3.8, 4) is 17.2 Å². The Balaban J connectivity index is 2.11. The van der Waals surface area contributed by atoms with Gasteiger partial charge < -0.3 is 26.0 Å². The molecule has 0 heterocycles. The maximum atomic E-state index is 14.7. The fraction of sp³-hybridized carbons (Fsp3) is 0.217. The number of rotatable bonds is 7. The molecule has 0 aromatic heterocycles. The average Bonchev–Trinajstić information content (AvgIpc) is 2.76. The Morgan fingerprint density at radius 1 is 0.639 bits per heavy atom. The lowest BCUT2D eigenvalue weighted by molar-refractivity contribution is -0.116. The molecule has 0 saturated carbocycles. The molecule has 0 unspecified atom stereocenters. The fourth-order valence-electron chi connectivity index (χ4n) is 3.47. The van der Waals surface area contributed by atoms with Crippen molar-refractivity contribution in [1.82, 2.24) is 0 Å². The van der Waals surface area contributed by atoms with Gasteiger partial charge in [-0.05, 0) is 29.8 Å². The van der Waals surface area contributed by atoms with Crippen molar-refractivity contribution in [3.63, 3.8) is 0 Å². The molecular formula is C23H18F8N2O3. The summed E-state index contributed by atoms with van der Waals surface area (Å²) in [6.07, 6.45) is -9.36. The van der Waals surface area contributed by atoms with E-state index in [4.69, 9.17) is 0 Å². The molecule has 0 fully saturated rings. The second-order valence-electron chi connectivity index (χ2n) is 7.74. The fourth-order valence-corrected chi connectivity index (χ4v) is 3.47. The van der Waals surface area contributed by atoms with Crippen LogP contribution in [0.15, 0.2) is 48.5 Å². The molecule has 0 atom stereocenters. The molecule has 0 spiro atoms. The molecule has 194 valence electrons. The van der Waals surface area contributed by atoms with Gasteiger partial charge in [0.05, 0.1) is 11.4 Å². The number of aromatic hydroxyl groups is 3. The van der Waals surface area contributed by atoms with E-state index in [-0.39, 0.29) is 22.4 Å². The highest BCUT2D eigenvalue weighted by Crippen LogP contribution is 2.43. The Hall–Kier alpha value is -3.90. The van der Waals surface area contributed by atoms with E-state index in [2.05, 4.69) is 0 Å². The molecule has 3 aromatic carbocycles. The molecule has 0 aliphatic carbocycles. The molecule has 0 amide bonds. The monoisotopic (exact) mass is 522 g/mol. The third kappa shape index (κ3) is 6.61. The van der Waals surface area contributed by atoms with Crippen molar-refractivity contribution < 1.29 is 50.4 Å². The highest BCUT2D eigenvalue weighted by molar-refractivity contribution is 5.61. The normalized spacial score (nSPS) is 12.1. The second-order valence-corrected chi connectivity index (χ2v) is 7.74. The van der Waals surface area contributed by atoms with Crippen LogP contribution >= 0.6 is 0 Å².